The molecule has 0 amide bonds. The number of hydrogen-bond donors (Lipinski definition) is 1. The Hall–Kier alpha value is -0.630. The van der Waals surface area contributed by atoms with E-state index in [1.807, 2.05) is 6.92 Å². The highest BCUT2D eigenvalue weighted by Gasteiger charge is 2.11. The lowest BCUT2D eigenvalue weighted by atomic mass is 10.3. The van der Waals surface area contributed by atoms with Gasteiger partial charge in [0.1, 0.15) is 0 Å². The Morgan fingerprint density at radius 3 is 2.83 bits per heavy atom. The van der Waals surface area contributed by atoms with Crippen molar-refractivity contribution >= 4 is 0 Å². The van der Waals surface area contributed by atoms with Crippen LogP contribution in [0, 0.1) is 11.3 Å². The van der Waals surface area contributed by atoms with Gasteiger partial charge in [0.05, 0.1) is 25.7 Å². The second-order valence-corrected chi connectivity index (χ2v) is 2.99. The Kier molecular flexibility index (Phi) is 4.01. The van der Waals surface area contributed by atoms with Crippen molar-refractivity contribution in [3.63, 3.8) is 0 Å². The normalized spacial score (nSPS) is 21.7. The number of ether oxygens (including phenoxy) is 1. The molecule has 1 saturated heterocycles. The quantitative estimate of drug-likeness (QED) is 0.652. The van der Waals surface area contributed by atoms with Crippen molar-refractivity contribution in [1.29, 1.82) is 5.26 Å². The van der Waals surface area contributed by atoms with Gasteiger partial charge in [0, 0.05) is 19.1 Å². The molecule has 1 unspecified atom stereocenters. The first-order valence-corrected chi connectivity index (χ1v) is 4.28. The molecule has 1 fully saturated rings. The SMILES string of the molecule is CC(CC#N)NN1CCOCC1. The summed E-state index contributed by atoms with van der Waals surface area (Å²) in [5.74, 6) is 0. The number of nitriles is 1. The van der Waals surface area contributed by atoms with E-state index in [4.69, 9.17) is 10.00 Å². The molecule has 1 heterocycles. The lowest BCUT2D eigenvalue weighted by molar-refractivity contribution is 0.00543. The largest absolute Gasteiger partial charge is 0.379 e. The third-order valence-electron chi connectivity index (χ3n) is 1.81. The first-order chi connectivity index (χ1) is 5.83. The van der Waals surface area contributed by atoms with E-state index in [1.54, 1.807) is 0 Å². The topological polar surface area (TPSA) is 48.3 Å². The standard InChI is InChI=1S/C8H15N3O/c1-8(2-3-9)10-11-4-6-12-7-5-11/h8,10H,2,4-7H2,1H3. The predicted molar refractivity (Wildman–Crippen MR) is 45.2 cm³/mol. The molecule has 0 radical (unpaired) electrons. The van der Waals surface area contributed by atoms with Gasteiger partial charge in [-0.3, -0.25) is 5.43 Å². The Morgan fingerprint density at radius 1 is 1.58 bits per heavy atom. The highest BCUT2D eigenvalue weighted by Crippen LogP contribution is 1.96. The minimum absolute atomic E-state index is 0.244. The molecule has 4 nitrogen and oxygen atoms in total. The van der Waals surface area contributed by atoms with E-state index in [0.717, 1.165) is 26.3 Å². The maximum atomic E-state index is 8.43. The van der Waals surface area contributed by atoms with Gasteiger partial charge in [0.15, 0.2) is 0 Å². The van der Waals surface area contributed by atoms with E-state index >= 15 is 0 Å². The molecule has 0 aliphatic carbocycles. The summed E-state index contributed by atoms with van der Waals surface area (Å²) in [7, 11) is 0. The monoisotopic (exact) mass is 169 g/mol. The van der Waals surface area contributed by atoms with E-state index in [0.29, 0.717) is 6.42 Å². The molecule has 1 aliphatic heterocycles. The molecular weight excluding hydrogens is 154 g/mol. The first kappa shape index (κ1) is 9.46. The second-order valence-electron chi connectivity index (χ2n) is 2.99. The molecule has 0 saturated carbocycles. The van der Waals surface area contributed by atoms with Crippen molar-refractivity contribution in [2.45, 2.75) is 19.4 Å². The zero-order valence-corrected chi connectivity index (χ0v) is 7.42. The summed E-state index contributed by atoms with van der Waals surface area (Å²) in [4.78, 5) is 0. The summed E-state index contributed by atoms with van der Waals surface area (Å²) < 4.78 is 5.19. The highest BCUT2D eigenvalue weighted by atomic mass is 16.5. The van der Waals surface area contributed by atoms with Gasteiger partial charge in [0.25, 0.3) is 0 Å². The number of nitrogens with one attached hydrogen (secondary N) is 1. The van der Waals surface area contributed by atoms with Crippen LogP contribution >= 0.6 is 0 Å². The summed E-state index contributed by atoms with van der Waals surface area (Å²) in [6, 6.07) is 2.38. The van der Waals surface area contributed by atoms with Crippen LogP contribution in [0.3, 0.4) is 0 Å². The van der Waals surface area contributed by atoms with E-state index < -0.39 is 0 Å². The number of rotatable bonds is 3. The van der Waals surface area contributed by atoms with Gasteiger partial charge in [-0.1, -0.05) is 0 Å². The molecule has 1 N–H and O–H groups in total. The zero-order valence-electron chi connectivity index (χ0n) is 7.42. The molecule has 1 rings (SSSR count). The van der Waals surface area contributed by atoms with Crippen LogP contribution in [0.5, 0.6) is 0 Å². The fourth-order valence-electron chi connectivity index (χ4n) is 1.19. The Bertz CT molecular complexity index is 160. The molecule has 0 spiro atoms. The van der Waals surface area contributed by atoms with Crippen LogP contribution in [0.15, 0.2) is 0 Å². The van der Waals surface area contributed by atoms with Gasteiger partial charge >= 0.3 is 0 Å². The number of nitrogens with zero attached hydrogens (tertiary/aromatic N) is 2. The van der Waals surface area contributed by atoms with E-state index in [1.165, 1.54) is 0 Å². The summed E-state index contributed by atoms with van der Waals surface area (Å²) >= 11 is 0. The third-order valence-corrected chi connectivity index (χ3v) is 1.81. The van der Waals surface area contributed by atoms with Crippen molar-refractivity contribution < 1.29 is 4.74 Å². The van der Waals surface area contributed by atoms with Gasteiger partial charge in [-0.15, -0.1) is 0 Å². The molecule has 1 aliphatic rings. The summed E-state index contributed by atoms with van der Waals surface area (Å²) in [6.45, 7) is 5.41. The van der Waals surface area contributed by atoms with E-state index in [2.05, 4.69) is 16.5 Å². The van der Waals surface area contributed by atoms with Crippen LogP contribution in [0.25, 0.3) is 0 Å². The average Bonchev–Trinajstić information content (AvgIpc) is 2.06. The van der Waals surface area contributed by atoms with Crippen LogP contribution < -0.4 is 5.43 Å². The summed E-state index contributed by atoms with van der Waals surface area (Å²) in [5.41, 5.74) is 3.25. The van der Waals surface area contributed by atoms with E-state index in [9.17, 15) is 0 Å². The van der Waals surface area contributed by atoms with Crippen LogP contribution in [0.4, 0.5) is 0 Å². The number of hydrazine groups is 1. The molecule has 0 aromatic rings. The van der Waals surface area contributed by atoms with Crippen molar-refractivity contribution in [3.8, 4) is 6.07 Å². The summed E-state index contributed by atoms with van der Waals surface area (Å²) in [5, 5.41) is 10.5. The van der Waals surface area contributed by atoms with Gasteiger partial charge < -0.3 is 4.74 Å². The highest BCUT2D eigenvalue weighted by molar-refractivity contribution is 4.77. The van der Waals surface area contributed by atoms with Gasteiger partial charge in [0.2, 0.25) is 0 Å². The van der Waals surface area contributed by atoms with Crippen molar-refractivity contribution in [3.05, 3.63) is 0 Å². The van der Waals surface area contributed by atoms with Crippen molar-refractivity contribution in [2.24, 2.45) is 0 Å². The lowest BCUT2D eigenvalue weighted by Crippen LogP contribution is -2.49. The Morgan fingerprint density at radius 2 is 2.25 bits per heavy atom. The van der Waals surface area contributed by atoms with Crippen LogP contribution in [0.1, 0.15) is 13.3 Å². The van der Waals surface area contributed by atoms with Crippen LogP contribution in [0.2, 0.25) is 0 Å². The third kappa shape index (κ3) is 3.18. The molecule has 68 valence electrons. The fourth-order valence-corrected chi connectivity index (χ4v) is 1.19. The van der Waals surface area contributed by atoms with Gasteiger partial charge in [-0.2, -0.15) is 5.26 Å². The number of morpholine rings is 1. The zero-order chi connectivity index (χ0) is 8.81. The molecule has 4 heteroatoms. The first-order valence-electron chi connectivity index (χ1n) is 4.28. The molecule has 0 bridgehead atoms. The van der Waals surface area contributed by atoms with Crippen LogP contribution in [-0.4, -0.2) is 37.4 Å². The van der Waals surface area contributed by atoms with Crippen molar-refractivity contribution in [2.75, 3.05) is 26.3 Å². The summed E-state index contributed by atoms with van der Waals surface area (Å²) in [6.07, 6.45) is 0.553. The maximum absolute atomic E-state index is 8.43. The van der Waals surface area contributed by atoms with Crippen LogP contribution in [-0.2, 0) is 4.74 Å². The fraction of sp³-hybridized carbons (Fsp3) is 0.875. The smallest absolute Gasteiger partial charge is 0.0638 e. The Balaban J connectivity index is 2.16. The molecule has 12 heavy (non-hydrogen) atoms. The molecule has 0 aromatic heterocycles. The maximum Gasteiger partial charge on any atom is 0.0638 e. The molecule has 1 atom stereocenters. The van der Waals surface area contributed by atoms with Gasteiger partial charge in [-0.05, 0) is 6.92 Å². The Labute approximate surface area is 73.1 Å². The lowest BCUT2D eigenvalue weighted by Gasteiger charge is -2.29. The average molecular weight is 169 g/mol. The van der Waals surface area contributed by atoms with Gasteiger partial charge in [-0.25, -0.2) is 5.01 Å². The predicted octanol–water partition coefficient (Wildman–Crippen LogP) is 0.125. The second kappa shape index (κ2) is 5.09. The molecule has 0 aromatic carbocycles. The number of hydrogen-bond acceptors (Lipinski definition) is 4. The molecular formula is C8H15N3O. The minimum atomic E-state index is 0.244. The van der Waals surface area contributed by atoms with Crippen molar-refractivity contribution in [1.82, 2.24) is 10.4 Å². The van der Waals surface area contributed by atoms with E-state index in [-0.39, 0.29) is 6.04 Å². The minimum Gasteiger partial charge on any atom is -0.379 e.